The molecule has 2 nitrogen and oxygen atoms in total. The topological polar surface area (TPSA) is 22.0 Å². The lowest BCUT2D eigenvalue weighted by atomic mass is 10.2. The lowest BCUT2D eigenvalue weighted by molar-refractivity contribution is -0.116. The smallest absolute Gasteiger partial charge is 0.135 e. The standard InChI is InChI=1S/C14H17NO/c1-3-8-15-13(9-11(2)16)10-12-6-4-5-7-14(12)15/h4-7,10H,3,8-9H2,1-2H3. The monoisotopic (exact) mass is 215 g/mol. The number of hydrogen-bond donors (Lipinski definition) is 0. The molecule has 0 spiro atoms. The van der Waals surface area contributed by atoms with Crippen LogP contribution in [0.2, 0.25) is 0 Å². The molecule has 0 aliphatic heterocycles. The summed E-state index contributed by atoms with van der Waals surface area (Å²) in [4.78, 5) is 11.2. The van der Waals surface area contributed by atoms with Crippen LogP contribution in [-0.2, 0) is 17.8 Å². The van der Waals surface area contributed by atoms with Crippen molar-refractivity contribution in [1.82, 2.24) is 4.57 Å². The first-order valence-electron chi connectivity index (χ1n) is 5.79. The molecular formula is C14H17NO. The molecule has 0 N–H and O–H groups in total. The fraction of sp³-hybridized carbons (Fsp3) is 0.357. The number of carbonyl (C=O) groups excluding carboxylic acids is 1. The average Bonchev–Trinajstić information content (AvgIpc) is 2.57. The molecule has 0 aliphatic carbocycles. The Hall–Kier alpha value is -1.57. The van der Waals surface area contributed by atoms with E-state index in [-0.39, 0.29) is 5.78 Å². The summed E-state index contributed by atoms with van der Waals surface area (Å²) in [6, 6.07) is 10.4. The summed E-state index contributed by atoms with van der Waals surface area (Å²) in [6.45, 7) is 4.79. The van der Waals surface area contributed by atoms with Crippen molar-refractivity contribution < 1.29 is 4.79 Å². The Balaban J connectivity index is 2.53. The van der Waals surface area contributed by atoms with Gasteiger partial charge in [0.05, 0.1) is 0 Å². The quantitative estimate of drug-likeness (QED) is 0.767. The first kappa shape index (κ1) is 10.9. The van der Waals surface area contributed by atoms with Gasteiger partial charge >= 0.3 is 0 Å². The van der Waals surface area contributed by atoms with Crippen LogP contribution in [0, 0.1) is 0 Å². The zero-order valence-corrected chi connectivity index (χ0v) is 9.86. The highest BCUT2D eigenvalue weighted by Crippen LogP contribution is 2.20. The van der Waals surface area contributed by atoms with Gasteiger partial charge in [-0.25, -0.2) is 0 Å². The van der Waals surface area contributed by atoms with Crippen LogP contribution in [-0.4, -0.2) is 10.4 Å². The van der Waals surface area contributed by atoms with Gasteiger partial charge in [-0.05, 0) is 30.9 Å². The van der Waals surface area contributed by atoms with Crippen LogP contribution in [0.1, 0.15) is 26.0 Å². The molecule has 0 amide bonds. The zero-order valence-electron chi connectivity index (χ0n) is 9.86. The number of carbonyl (C=O) groups is 1. The molecule has 16 heavy (non-hydrogen) atoms. The van der Waals surface area contributed by atoms with E-state index in [1.807, 2.05) is 12.1 Å². The first-order valence-corrected chi connectivity index (χ1v) is 5.79. The molecule has 1 aromatic heterocycles. The second-order valence-electron chi connectivity index (χ2n) is 4.22. The predicted molar refractivity (Wildman–Crippen MR) is 66.6 cm³/mol. The highest BCUT2D eigenvalue weighted by Gasteiger charge is 2.08. The maximum Gasteiger partial charge on any atom is 0.135 e. The molecule has 0 saturated heterocycles. The summed E-state index contributed by atoms with van der Waals surface area (Å²) >= 11 is 0. The van der Waals surface area contributed by atoms with Gasteiger partial charge in [0.2, 0.25) is 0 Å². The van der Waals surface area contributed by atoms with Crippen molar-refractivity contribution in [2.75, 3.05) is 0 Å². The van der Waals surface area contributed by atoms with E-state index in [1.165, 1.54) is 10.9 Å². The number of aryl methyl sites for hydroxylation is 1. The predicted octanol–water partition coefficient (Wildman–Crippen LogP) is 3.18. The minimum absolute atomic E-state index is 0.222. The Morgan fingerprint density at radius 3 is 2.75 bits per heavy atom. The average molecular weight is 215 g/mol. The number of para-hydroxylation sites is 1. The van der Waals surface area contributed by atoms with E-state index < -0.39 is 0 Å². The van der Waals surface area contributed by atoms with Crippen LogP contribution in [0.5, 0.6) is 0 Å². The summed E-state index contributed by atoms with van der Waals surface area (Å²) in [5.41, 5.74) is 2.37. The Bertz CT molecular complexity index is 510. The number of rotatable bonds is 4. The second-order valence-corrected chi connectivity index (χ2v) is 4.22. The zero-order chi connectivity index (χ0) is 11.5. The third kappa shape index (κ3) is 2.01. The number of benzene rings is 1. The maximum atomic E-state index is 11.2. The first-order chi connectivity index (χ1) is 7.72. The van der Waals surface area contributed by atoms with Gasteiger partial charge in [-0.2, -0.15) is 0 Å². The van der Waals surface area contributed by atoms with Crippen LogP contribution in [0.25, 0.3) is 10.9 Å². The van der Waals surface area contributed by atoms with E-state index in [2.05, 4.69) is 29.7 Å². The maximum absolute atomic E-state index is 11.2. The molecule has 0 bridgehead atoms. The Morgan fingerprint density at radius 2 is 2.06 bits per heavy atom. The van der Waals surface area contributed by atoms with Gasteiger partial charge in [-0.15, -0.1) is 0 Å². The van der Waals surface area contributed by atoms with Gasteiger partial charge < -0.3 is 4.57 Å². The fourth-order valence-electron chi connectivity index (χ4n) is 2.16. The molecule has 0 radical (unpaired) electrons. The van der Waals surface area contributed by atoms with Crippen LogP contribution in [0.15, 0.2) is 30.3 Å². The molecule has 0 saturated carbocycles. The molecule has 2 aromatic rings. The summed E-state index contributed by atoms with van der Waals surface area (Å²) in [6.07, 6.45) is 1.62. The van der Waals surface area contributed by atoms with Crippen LogP contribution in [0.4, 0.5) is 0 Å². The van der Waals surface area contributed by atoms with Crippen molar-refractivity contribution in [3.05, 3.63) is 36.0 Å². The molecule has 2 rings (SSSR count). The summed E-state index contributed by atoms with van der Waals surface area (Å²) < 4.78 is 2.26. The van der Waals surface area contributed by atoms with Gasteiger partial charge in [0.1, 0.15) is 5.78 Å². The number of hydrogen-bond acceptors (Lipinski definition) is 1. The molecule has 84 valence electrons. The van der Waals surface area contributed by atoms with E-state index in [1.54, 1.807) is 6.92 Å². The highest BCUT2D eigenvalue weighted by molar-refractivity contribution is 5.84. The normalized spacial score (nSPS) is 10.9. The molecule has 0 aliphatic rings. The van der Waals surface area contributed by atoms with Gasteiger partial charge in [-0.1, -0.05) is 25.1 Å². The van der Waals surface area contributed by atoms with E-state index in [0.29, 0.717) is 6.42 Å². The lowest BCUT2D eigenvalue weighted by Gasteiger charge is -2.07. The largest absolute Gasteiger partial charge is 0.344 e. The molecule has 1 aromatic carbocycles. The Morgan fingerprint density at radius 1 is 1.31 bits per heavy atom. The fourth-order valence-corrected chi connectivity index (χ4v) is 2.16. The van der Waals surface area contributed by atoms with Gasteiger partial charge in [-0.3, -0.25) is 4.79 Å². The Kier molecular flexibility index (Phi) is 3.09. The molecule has 1 heterocycles. The summed E-state index contributed by atoms with van der Waals surface area (Å²) in [5, 5.41) is 1.23. The van der Waals surface area contributed by atoms with E-state index >= 15 is 0 Å². The third-order valence-corrected chi connectivity index (χ3v) is 2.77. The number of aromatic nitrogens is 1. The number of nitrogens with zero attached hydrogens (tertiary/aromatic N) is 1. The summed E-state index contributed by atoms with van der Waals surface area (Å²) in [5.74, 6) is 0.222. The minimum atomic E-state index is 0.222. The third-order valence-electron chi connectivity index (χ3n) is 2.77. The van der Waals surface area contributed by atoms with Crippen LogP contribution in [0.3, 0.4) is 0 Å². The van der Waals surface area contributed by atoms with E-state index in [0.717, 1.165) is 18.7 Å². The molecular weight excluding hydrogens is 198 g/mol. The van der Waals surface area contributed by atoms with Crippen molar-refractivity contribution in [3.63, 3.8) is 0 Å². The molecule has 0 unspecified atom stereocenters. The second kappa shape index (κ2) is 4.52. The van der Waals surface area contributed by atoms with E-state index in [4.69, 9.17) is 0 Å². The van der Waals surface area contributed by atoms with Gasteiger partial charge in [0.25, 0.3) is 0 Å². The van der Waals surface area contributed by atoms with Crippen LogP contribution < -0.4 is 0 Å². The molecule has 0 atom stereocenters. The van der Waals surface area contributed by atoms with Gasteiger partial charge in [0, 0.05) is 24.2 Å². The molecule has 0 fully saturated rings. The van der Waals surface area contributed by atoms with Crippen molar-refractivity contribution in [1.29, 1.82) is 0 Å². The van der Waals surface area contributed by atoms with Crippen molar-refractivity contribution in [2.24, 2.45) is 0 Å². The minimum Gasteiger partial charge on any atom is -0.344 e. The Labute approximate surface area is 95.9 Å². The SMILES string of the molecule is CCCn1c(CC(C)=O)cc2ccccc21. The van der Waals surface area contributed by atoms with Crippen molar-refractivity contribution in [3.8, 4) is 0 Å². The lowest BCUT2D eigenvalue weighted by Crippen LogP contribution is -2.06. The van der Waals surface area contributed by atoms with E-state index in [9.17, 15) is 4.79 Å². The van der Waals surface area contributed by atoms with Crippen molar-refractivity contribution >= 4 is 16.7 Å². The number of fused-ring (bicyclic) bond motifs is 1. The summed E-state index contributed by atoms with van der Waals surface area (Å²) in [7, 11) is 0. The molecule has 2 heteroatoms. The highest BCUT2D eigenvalue weighted by atomic mass is 16.1. The van der Waals surface area contributed by atoms with Gasteiger partial charge in [0.15, 0.2) is 0 Å². The number of Topliss-reactive ketones (excluding diaryl/α,β-unsaturated/α-hetero) is 1. The number of ketones is 1. The van der Waals surface area contributed by atoms with Crippen molar-refractivity contribution in [2.45, 2.75) is 33.2 Å². The van der Waals surface area contributed by atoms with Crippen LogP contribution >= 0.6 is 0 Å².